The van der Waals surface area contributed by atoms with E-state index in [1.165, 1.54) is 25.0 Å². The summed E-state index contributed by atoms with van der Waals surface area (Å²) in [4.78, 5) is 16.6. The van der Waals surface area contributed by atoms with E-state index in [2.05, 4.69) is 27.8 Å². The topological polar surface area (TPSA) is 42.0 Å². The molecule has 0 spiro atoms. The average Bonchev–Trinajstić information content (AvgIpc) is 3.31. The summed E-state index contributed by atoms with van der Waals surface area (Å²) in [5, 5.41) is 7.01. The zero-order chi connectivity index (χ0) is 17.3. The molecule has 25 heavy (non-hydrogen) atoms. The average molecular weight is 393 g/mol. The molecule has 1 aromatic carbocycles. The summed E-state index contributed by atoms with van der Waals surface area (Å²) in [7, 11) is 4.01. The van der Waals surface area contributed by atoms with Crippen LogP contribution in [0.1, 0.15) is 37.1 Å². The Morgan fingerprint density at radius 2 is 2.12 bits per heavy atom. The van der Waals surface area contributed by atoms with Gasteiger partial charge in [0.1, 0.15) is 0 Å². The van der Waals surface area contributed by atoms with E-state index in [0.717, 1.165) is 34.4 Å². The third-order valence-electron chi connectivity index (χ3n) is 4.19. The van der Waals surface area contributed by atoms with Crippen molar-refractivity contribution in [1.82, 2.24) is 10.3 Å². The standard InChI is InChI=1S/C19H24N2OS3/c22-18(9-5-4-8-16-11-13-24-25-16)20-12-10-19-21-17(14-23-19)15-6-2-1-3-7-15/h1-3,6-7,14,16H,4-5,8-13H2,(H,20,22)/t16-/m1/s1. The fourth-order valence-corrected chi connectivity index (χ4v) is 6.62. The fraction of sp³-hybridized carbons (Fsp3) is 0.474. The van der Waals surface area contributed by atoms with Crippen LogP contribution in [0.2, 0.25) is 0 Å². The number of unbranched alkanes of at least 4 members (excludes halogenated alkanes) is 1. The molecule has 2 heterocycles. The van der Waals surface area contributed by atoms with Crippen molar-refractivity contribution in [1.29, 1.82) is 0 Å². The minimum atomic E-state index is 0.174. The molecule has 1 aliphatic rings. The molecule has 0 bridgehead atoms. The Balaban J connectivity index is 1.30. The number of nitrogens with zero attached hydrogens (tertiary/aromatic N) is 1. The summed E-state index contributed by atoms with van der Waals surface area (Å²) in [6.07, 6.45) is 6.21. The van der Waals surface area contributed by atoms with Gasteiger partial charge in [-0.25, -0.2) is 4.98 Å². The molecule has 0 saturated carbocycles. The number of carbonyl (C=O) groups excluding carboxylic acids is 1. The minimum absolute atomic E-state index is 0.174. The molecule has 1 atom stereocenters. The molecule has 0 radical (unpaired) electrons. The van der Waals surface area contributed by atoms with Crippen LogP contribution in [0.3, 0.4) is 0 Å². The maximum atomic E-state index is 11.9. The fourth-order valence-electron chi connectivity index (χ4n) is 2.79. The maximum absolute atomic E-state index is 11.9. The molecule has 3 rings (SSSR count). The van der Waals surface area contributed by atoms with Gasteiger partial charge in [-0.2, -0.15) is 0 Å². The van der Waals surface area contributed by atoms with Gasteiger partial charge in [0, 0.05) is 41.3 Å². The van der Waals surface area contributed by atoms with Crippen LogP contribution in [0.4, 0.5) is 0 Å². The van der Waals surface area contributed by atoms with Crippen LogP contribution < -0.4 is 5.32 Å². The molecule has 1 N–H and O–H groups in total. The number of hydrogen-bond donors (Lipinski definition) is 1. The second kappa shape index (κ2) is 10.2. The molecule has 6 heteroatoms. The van der Waals surface area contributed by atoms with Crippen molar-refractivity contribution in [2.75, 3.05) is 12.3 Å². The van der Waals surface area contributed by atoms with E-state index in [9.17, 15) is 4.79 Å². The number of rotatable bonds is 9. The molecule has 1 saturated heterocycles. The van der Waals surface area contributed by atoms with Gasteiger partial charge in [-0.15, -0.1) is 11.3 Å². The van der Waals surface area contributed by atoms with E-state index in [1.807, 2.05) is 39.8 Å². The van der Waals surface area contributed by atoms with Crippen molar-refractivity contribution in [2.45, 2.75) is 43.8 Å². The monoisotopic (exact) mass is 392 g/mol. The molecule has 3 nitrogen and oxygen atoms in total. The summed E-state index contributed by atoms with van der Waals surface area (Å²) in [6, 6.07) is 10.2. The summed E-state index contributed by atoms with van der Waals surface area (Å²) in [5.74, 6) is 1.46. The maximum Gasteiger partial charge on any atom is 0.220 e. The first-order chi connectivity index (χ1) is 12.3. The van der Waals surface area contributed by atoms with E-state index >= 15 is 0 Å². The van der Waals surface area contributed by atoms with Crippen molar-refractivity contribution in [2.24, 2.45) is 0 Å². The van der Waals surface area contributed by atoms with Crippen LogP contribution in [-0.4, -0.2) is 28.4 Å². The minimum Gasteiger partial charge on any atom is -0.356 e. The Bertz CT molecular complexity index is 654. The zero-order valence-electron chi connectivity index (χ0n) is 14.3. The molecule has 1 amide bonds. The Labute approximate surface area is 161 Å². The predicted octanol–water partition coefficient (Wildman–Crippen LogP) is 5.18. The van der Waals surface area contributed by atoms with E-state index in [0.29, 0.717) is 13.0 Å². The normalized spacial score (nSPS) is 16.9. The summed E-state index contributed by atoms with van der Waals surface area (Å²) >= 11 is 1.66. The Morgan fingerprint density at radius 1 is 1.24 bits per heavy atom. The van der Waals surface area contributed by atoms with Gasteiger partial charge in [0.05, 0.1) is 10.7 Å². The number of hydrogen-bond acceptors (Lipinski definition) is 5. The highest BCUT2D eigenvalue weighted by Gasteiger charge is 2.15. The van der Waals surface area contributed by atoms with Crippen molar-refractivity contribution in [3.8, 4) is 11.3 Å². The van der Waals surface area contributed by atoms with Gasteiger partial charge in [-0.3, -0.25) is 4.79 Å². The van der Waals surface area contributed by atoms with E-state index in [4.69, 9.17) is 0 Å². The highest BCUT2D eigenvalue weighted by atomic mass is 33.1. The van der Waals surface area contributed by atoms with E-state index < -0.39 is 0 Å². The molecular formula is C19H24N2OS3. The number of benzene rings is 1. The molecule has 0 unspecified atom stereocenters. The van der Waals surface area contributed by atoms with Gasteiger partial charge >= 0.3 is 0 Å². The lowest BCUT2D eigenvalue weighted by Gasteiger charge is -2.07. The van der Waals surface area contributed by atoms with Crippen molar-refractivity contribution < 1.29 is 4.79 Å². The second-order valence-electron chi connectivity index (χ2n) is 6.17. The van der Waals surface area contributed by atoms with Gasteiger partial charge in [-0.1, -0.05) is 58.3 Å². The van der Waals surface area contributed by atoms with Gasteiger partial charge in [-0.05, 0) is 19.3 Å². The number of amides is 1. The third kappa shape index (κ3) is 6.35. The quantitative estimate of drug-likeness (QED) is 0.471. The number of nitrogens with one attached hydrogen (secondary N) is 1. The third-order valence-corrected chi connectivity index (χ3v) is 8.10. The Hall–Kier alpha value is -0.980. The Kier molecular flexibility index (Phi) is 7.70. The number of thiazole rings is 1. The van der Waals surface area contributed by atoms with Gasteiger partial charge in [0.2, 0.25) is 5.91 Å². The summed E-state index contributed by atoms with van der Waals surface area (Å²) in [6.45, 7) is 0.676. The number of carbonyl (C=O) groups is 1. The lowest BCUT2D eigenvalue weighted by atomic mass is 10.1. The molecule has 2 aromatic rings. The molecule has 1 fully saturated rings. The van der Waals surface area contributed by atoms with Crippen LogP contribution in [0.5, 0.6) is 0 Å². The van der Waals surface area contributed by atoms with Gasteiger partial charge in [0.25, 0.3) is 0 Å². The lowest BCUT2D eigenvalue weighted by Crippen LogP contribution is -2.25. The van der Waals surface area contributed by atoms with Crippen LogP contribution in [0.25, 0.3) is 11.3 Å². The van der Waals surface area contributed by atoms with E-state index in [-0.39, 0.29) is 5.91 Å². The van der Waals surface area contributed by atoms with Crippen LogP contribution >= 0.6 is 32.9 Å². The molecule has 1 aliphatic heterocycles. The molecular weight excluding hydrogens is 368 g/mol. The summed E-state index contributed by atoms with van der Waals surface area (Å²) < 4.78 is 0. The lowest BCUT2D eigenvalue weighted by molar-refractivity contribution is -0.121. The van der Waals surface area contributed by atoms with E-state index in [1.54, 1.807) is 11.3 Å². The largest absolute Gasteiger partial charge is 0.356 e. The zero-order valence-corrected chi connectivity index (χ0v) is 16.7. The van der Waals surface area contributed by atoms with Crippen molar-refractivity contribution in [3.63, 3.8) is 0 Å². The second-order valence-corrected chi connectivity index (χ2v) is 9.90. The summed E-state index contributed by atoms with van der Waals surface area (Å²) in [5.41, 5.74) is 2.17. The first-order valence-electron chi connectivity index (χ1n) is 8.86. The first-order valence-corrected chi connectivity index (χ1v) is 12.1. The molecule has 134 valence electrons. The first kappa shape index (κ1) is 18.8. The Morgan fingerprint density at radius 3 is 2.92 bits per heavy atom. The van der Waals surface area contributed by atoms with Gasteiger partial charge < -0.3 is 5.32 Å². The number of aromatic nitrogens is 1. The van der Waals surface area contributed by atoms with Crippen LogP contribution in [-0.2, 0) is 11.2 Å². The predicted molar refractivity (Wildman–Crippen MR) is 111 cm³/mol. The molecule has 1 aromatic heterocycles. The van der Waals surface area contributed by atoms with Crippen molar-refractivity contribution in [3.05, 3.63) is 40.7 Å². The van der Waals surface area contributed by atoms with Gasteiger partial charge in [0.15, 0.2) is 0 Å². The van der Waals surface area contributed by atoms with Crippen LogP contribution in [0, 0.1) is 0 Å². The highest BCUT2D eigenvalue weighted by molar-refractivity contribution is 8.77. The van der Waals surface area contributed by atoms with Crippen LogP contribution in [0.15, 0.2) is 35.7 Å². The highest BCUT2D eigenvalue weighted by Crippen LogP contribution is 2.39. The smallest absolute Gasteiger partial charge is 0.220 e. The van der Waals surface area contributed by atoms with Crippen molar-refractivity contribution >= 4 is 38.8 Å². The SMILES string of the molecule is O=C(CCCC[C@@H]1CCSS1)NCCc1nc(-c2ccccc2)cs1. The molecule has 0 aliphatic carbocycles.